The Morgan fingerprint density at radius 3 is 2.81 bits per heavy atom. The molecule has 0 amide bonds. The Morgan fingerprint density at radius 2 is 2.00 bits per heavy atom. The van der Waals surface area contributed by atoms with E-state index >= 15 is 0 Å². The normalized spacial score (nSPS) is 16.7. The summed E-state index contributed by atoms with van der Waals surface area (Å²) in [6, 6.07) is 16.9. The molecule has 0 aromatic heterocycles. The monoisotopic (exact) mass is 283 g/mol. The fraction of sp³-hybridized carbons (Fsp3) is 0.333. The van der Waals surface area contributed by atoms with Gasteiger partial charge in [-0.2, -0.15) is 0 Å². The zero-order valence-corrected chi connectivity index (χ0v) is 12.3. The summed E-state index contributed by atoms with van der Waals surface area (Å²) in [6.07, 6.45) is 2.28. The van der Waals surface area contributed by atoms with Gasteiger partial charge < -0.3 is 14.8 Å². The summed E-state index contributed by atoms with van der Waals surface area (Å²) >= 11 is 0. The maximum atomic E-state index is 5.68. The molecule has 0 radical (unpaired) electrons. The first-order chi connectivity index (χ1) is 10.4. The molecule has 1 aliphatic carbocycles. The number of fused-ring (bicyclic) bond motifs is 1. The highest BCUT2D eigenvalue weighted by Gasteiger charge is 2.20. The smallest absolute Gasteiger partial charge is 0.189 e. The first-order valence-electron chi connectivity index (χ1n) is 7.41. The zero-order valence-electron chi connectivity index (χ0n) is 12.3. The van der Waals surface area contributed by atoms with Crippen molar-refractivity contribution < 1.29 is 9.47 Å². The van der Waals surface area contributed by atoms with Crippen molar-refractivity contribution in [2.24, 2.45) is 0 Å². The molecular formula is C18H21NO2. The molecule has 0 heterocycles. The van der Waals surface area contributed by atoms with E-state index in [1.165, 1.54) is 17.5 Å². The molecule has 2 aromatic rings. The zero-order chi connectivity index (χ0) is 14.5. The summed E-state index contributed by atoms with van der Waals surface area (Å²) < 4.78 is 11.2. The van der Waals surface area contributed by atoms with Crippen molar-refractivity contribution >= 4 is 0 Å². The summed E-state index contributed by atoms with van der Waals surface area (Å²) in [5, 5.41) is 3.34. The van der Waals surface area contributed by atoms with Crippen molar-refractivity contribution in [2.75, 3.05) is 13.8 Å². The lowest BCUT2D eigenvalue weighted by atomic mass is 10.1. The lowest BCUT2D eigenvalue weighted by Crippen LogP contribution is -2.12. The standard InChI is InChI=1S/C18H21NO2/c1-19-18-10-7-15-11-16(8-9-17(15)18)21-13-20-12-14-5-3-2-4-6-14/h2-6,8-9,11,18-19H,7,10,12-13H2,1H3. The molecule has 0 bridgehead atoms. The molecule has 0 aliphatic heterocycles. The fourth-order valence-corrected chi connectivity index (χ4v) is 2.83. The van der Waals surface area contributed by atoms with Crippen LogP contribution in [-0.2, 0) is 17.8 Å². The van der Waals surface area contributed by atoms with E-state index in [-0.39, 0.29) is 6.79 Å². The number of hydrogen-bond acceptors (Lipinski definition) is 3. The van der Waals surface area contributed by atoms with Crippen molar-refractivity contribution in [1.29, 1.82) is 0 Å². The molecule has 1 aliphatic rings. The van der Waals surface area contributed by atoms with E-state index in [9.17, 15) is 0 Å². The van der Waals surface area contributed by atoms with Crippen molar-refractivity contribution in [3.63, 3.8) is 0 Å². The van der Waals surface area contributed by atoms with Crippen molar-refractivity contribution in [3.8, 4) is 5.75 Å². The first-order valence-corrected chi connectivity index (χ1v) is 7.41. The Labute approximate surface area is 125 Å². The highest BCUT2D eigenvalue weighted by atomic mass is 16.7. The van der Waals surface area contributed by atoms with E-state index in [4.69, 9.17) is 9.47 Å². The van der Waals surface area contributed by atoms with E-state index in [0.717, 1.165) is 17.7 Å². The van der Waals surface area contributed by atoms with Crippen LogP contribution in [0.25, 0.3) is 0 Å². The molecule has 3 nitrogen and oxygen atoms in total. The SMILES string of the molecule is CNC1CCc2cc(OCOCc3ccccc3)ccc21. The molecule has 21 heavy (non-hydrogen) atoms. The van der Waals surface area contributed by atoms with Crippen molar-refractivity contribution in [3.05, 3.63) is 65.2 Å². The molecular weight excluding hydrogens is 262 g/mol. The van der Waals surface area contributed by atoms with Gasteiger partial charge in [0.25, 0.3) is 0 Å². The van der Waals surface area contributed by atoms with E-state index in [0.29, 0.717) is 12.6 Å². The van der Waals surface area contributed by atoms with Crippen LogP contribution in [0.15, 0.2) is 48.5 Å². The van der Waals surface area contributed by atoms with E-state index in [1.807, 2.05) is 43.4 Å². The third-order valence-corrected chi connectivity index (χ3v) is 3.96. The molecule has 3 heteroatoms. The van der Waals surface area contributed by atoms with E-state index < -0.39 is 0 Å². The molecule has 110 valence electrons. The van der Waals surface area contributed by atoms with E-state index in [2.05, 4.69) is 17.4 Å². The van der Waals surface area contributed by atoms with Gasteiger partial charge in [-0.3, -0.25) is 0 Å². The predicted molar refractivity (Wildman–Crippen MR) is 83.3 cm³/mol. The van der Waals surface area contributed by atoms with Gasteiger partial charge in [0, 0.05) is 6.04 Å². The van der Waals surface area contributed by atoms with E-state index in [1.54, 1.807) is 0 Å². The molecule has 1 unspecified atom stereocenters. The fourth-order valence-electron chi connectivity index (χ4n) is 2.83. The van der Waals surface area contributed by atoms with Crippen LogP contribution in [0.4, 0.5) is 0 Å². The largest absolute Gasteiger partial charge is 0.468 e. The predicted octanol–water partition coefficient (Wildman–Crippen LogP) is 3.45. The average Bonchev–Trinajstić information content (AvgIpc) is 2.95. The second kappa shape index (κ2) is 6.74. The van der Waals surface area contributed by atoms with Gasteiger partial charge in [-0.25, -0.2) is 0 Å². The van der Waals surface area contributed by atoms with Crippen LogP contribution < -0.4 is 10.1 Å². The number of aryl methyl sites for hydroxylation is 1. The Bertz CT molecular complexity index is 583. The third kappa shape index (κ3) is 3.43. The summed E-state index contributed by atoms with van der Waals surface area (Å²) in [4.78, 5) is 0. The Kier molecular flexibility index (Phi) is 4.53. The summed E-state index contributed by atoms with van der Waals surface area (Å²) in [7, 11) is 2.02. The third-order valence-electron chi connectivity index (χ3n) is 3.96. The van der Waals surface area contributed by atoms with Gasteiger partial charge in [-0.15, -0.1) is 0 Å². The minimum absolute atomic E-state index is 0.281. The summed E-state index contributed by atoms with van der Waals surface area (Å²) in [5.74, 6) is 0.888. The minimum Gasteiger partial charge on any atom is -0.468 e. The molecule has 0 fully saturated rings. The van der Waals surface area contributed by atoms with Crippen LogP contribution in [0, 0.1) is 0 Å². The number of hydrogen-bond donors (Lipinski definition) is 1. The van der Waals surface area contributed by atoms with Crippen LogP contribution >= 0.6 is 0 Å². The van der Waals surface area contributed by atoms with Crippen molar-refractivity contribution in [2.45, 2.75) is 25.5 Å². The van der Waals surface area contributed by atoms with Crippen LogP contribution in [0.2, 0.25) is 0 Å². The van der Waals surface area contributed by atoms with Crippen molar-refractivity contribution in [1.82, 2.24) is 5.32 Å². The Hall–Kier alpha value is -1.84. The minimum atomic E-state index is 0.281. The topological polar surface area (TPSA) is 30.5 Å². The van der Waals surface area contributed by atoms with Crippen LogP contribution in [0.3, 0.4) is 0 Å². The Morgan fingerprint density at radius 1 is 1.14 bits per heavy atom. The van der Waals surface area contributed by atoms with Crippen LogP contribution in [-0.4, -0.2) is 13.8 Å². The molecule has 1 N–H and O–H groups in total. The lowest BCUT2D eigenvalue weighted by molar-refractivity contribution is 0.00501. The van der Waals surface area contributed by atoms with Gasteiger partial charge in [-0.1, -0.05) is 36.4 Å². The van der Waals surface area contributed by atoms with Gasteiger partial charge >= 0.3 is 0 Å². The maximum Gasteiger partial charge on any atom is 0.189 e. The second-order valence-corrected chi connectivity index (χ2v) is 5.34. The number of ether oxygens (including phenoxy) is 2. The van der Waals surface area contributed by atoms with Gasteiger partial charge in [0.15, 0.2) is 6.79 Å². The molecule has 3 rings (SSSR count). The lowest BCUT2D eigenvalue weighted by Gasteiger charge is -2.11. The van der Waals surface area contributed by atoms with Gasteiger partial charge in [0.2, 0.25) is 0 Å². The molecule has 0 saturated heterocycles. The molecule has 2 aromatic carbocycles. The van der Waals surface area contributed by atoms with Gasteiger partial charge in [0.1, 0.15) is 5.75 Å². The number of benzene rings is 2. The molecule has 0 spiro atoms. The maximum absolute atomic E-state index is 5.68. The van der Waals surface area contributed by atoms with Crippen LogP contribution in [0.1, 0.15) is 29.2 Å². The van der Waals surface area contributed by atoms with Gasteiger partial charge in [0.05, 0.1) is 6.61 Å². The first kappa shape index (κ1) is 14.1. The van der Waals surface area contributed by atoms with Crippen LogP contribution in [0.5, 0.6) is 5.75 Å². The number of rotatable bonds is 6. The highest BCUT2D eigenvalue weighted by molar-refractivity contribution is 5.40. The molecule has 0 saturated carbocycles. The second-order valence-electron chi connectivity index (χ2n) is 5.34. The summed E-state index contributed by atoms with van der Waals surface area (Å²) in [6.45, 7) is 0.858. The quantitative estimate of drug-likeness (QED) is 0.650. The Balaban J connectivity index is 1.50. The number of nitrogens with one attached hydrogen (secondary N) is 1. The van der Waals surface area contributed by atoms with Gasteiger partial charge in [-0.05, 0) is 48.7 Å². The summed E-state index contributed by atoms with van der Waals surface area (Å²) in [5.41, 5.74) is 3.94. The highest BCUT2D eigenvalue weighted by Crippen LogP contribution is 2.33. The average molecular weight is 283 g/mol. The molecule has 1 atom stereocenters.